The standard InChI is InChI=1S/C14H13BrClN3OS/c1-8(16)13-17-10-3-4-12(20-2)18-14(10)19(13)7-11-9(15)5-6-21-11/h3-6,8H,7H2,1-2H3. The summed E-state index contributed by atoms with van der Waals surface area (Å²) in [4.78, 5) is 10.3. The highest BCUT2D eigenvalue weighted by molar-refractivity contribution is 9.10. The molecule has 7 heteroatoms. The van der Waals surface area contributed by atoms with Crippen molar-refractivity contribution in [3.8, 4) is 5.88 Å². The minimum Gasteiger partial charge on any atom is -0.481 e. The van der Waals surface area contributed by atoms with E-state index in [-0.39, 0.29) is 5.38 Å². The van der Waals surface area contributed by atoms with Crippen LogP contribution >= 0.6 is 38.9 Å². The number of ether oxygens (including phenoxy) is 1. The Balaban J connectivity index is 2.17. The number of fused-ring (bicyclic) bond motifs is 1. The summed E-state index contributed by atoms with van der Waals surface area (Å²) in [6.45, 7) is 2.60. The predicted octanol–water partition coefficient (Wildman–Crippen LogP) is 4.61. The summed E-state index contributed by atoms with van der Waals surface area (Å²) >= 11 is 11.5. The number of imidazole rings is 1. The maximum Gasteiger partial charge on any atom is 0.215 e. The largest absolute Gasteiger partial charge is 0.481 e. The molecule has 0 aliphatic carbocycles. The second-order valence-corrected chi connectivity index (χ2v) is 7.07. The van der Waals surface area contributed by atoms with Crippen LogP contribution in [0.3, 0.4) is 0 Å². The molecule has 3 rings (SSSR count). The molecule has 0 N–H and O–H groups in total. The van der Waals surface area contributed by atoms with Crippen LogP contribution in [0.25, 0.3) is 11.2 Å². The molecule has 21 heavy (non-hydrogen) atoms. The number of halogens is 2. The first kappa shape index (κ1) is 14.8. The zero-order valence-electron chi connectivity index (χ0n) is 11.5. The molecule has 0 spiro atoms. The second-order valence-electron chi connectivity index (χ2n) is 4.56. The molecule has 0 aromatic carbocycles. The minimum absolute atomic E-state index is 0.191. The van der Waals surface area contributed by atoms with Gasteiger partial charge < -0.3 is 9.30 Å². The van der Waals surface area contributed by atoms with Crippen LogP contribution in [0.1, 0.15) is 23.0 Å². The van der Waals surface area contributed by atoms with E-state index < -0.39 is 0 Å². The summed E-state index contributed by atoms with van der Waals surface area (Å²) in [7, 11) is 1.61. The van der Waals surface area contributed by atoms with Crippen molar-refractivity contribution in [2.75, 3.05) is 7.11 Å². The van der Waals surface area contributed by atoms with Crippen molar-refractivity contribution >= 4 is 50.0 Å². The number of methoxy groups -OCH3 is 1. The first-order chi connectivity index (χ1) is 10.1. The molecule has 0 saturated carbocycles. The van der Waals surface area contributed by atoms with Crippen molar-refractivity contribution in [1.29, 1.82) is 0 Å². The molecule has 0 bridgehead atoms. The van der Waals surface area contributed by atoms with Crippen molar-refractivity contribution in [2.24, 2.45) is 0 Å². The Morgan fingerprint density at radius 3 is 2.81 bits per heavy atom. The Hall–Kier alpha value is -1.11. The smallest absolute Gasteiger partial charge is 0.215 e. The van der Waals surface area contributed by atoms with Gasteiger partial charge >= 0.3 is 0 Å². The van der Waals surface area contributed by atoms with Gasteiger partial charge in [0.05, 0.1) is 19.0 Å². The van der Waals surface area contributed by atoms with Crippen LogP contribution in [0.15, 0.2) is 28.1 Å². The zero-order valence-corrected chi connectivity index (χ0v) is 14.7. The first-order valence-electron chi connectivity index (χ1n) is 6.37. The van der Waals surface area contributed by atoms with Gasteiger partial charge in [-0.2, -0.15) is 4.98 Å². The molecule has 0 aliphatic rings. The Morgan fingerprint density at radius 2 is 2.19 bits per heavy atom. The molecule has 3 heterocycles. The van der Waals surface area contributed by atoms with Gasteiger partial charge in [-0.25, -0.2) is 4.98 Å². The van der Waals surface area contributed by atoms with Gasteiger partial charge in [0, 0.05) is 15.4 Å². The van der Waals surface area contributed by atoms with Gasteiger partial charge in [0.15, 0.2) is 5.65 Å². The SMILES string of the molecule is COc1ccc2nc(C(C)Cl)n(Cc3sccc3Br)c2n1. The van der Waals surface area contributed by atoms with E-state index in [1.54, 1.807) is 18.4 Å². The summed E-state index contributed by atoms with van der Waals surface area (Å²) in [6, 6.07) is 5.75. The predicted molar refractivity (Wildman–Crippen MR) is 89.5 cm³/mol. The van der Waals surface area contributed by atoms with Gasteiger partial charge in [0.1, 0.15) is 11.3 Å². The second kappa shape index (κ2) is 5.94. The van der Waals surface area contributed by atoms with Gasteiger partial charge in [0.25, 0.3) is 0 Å². The van der Waals surface area contributed by atoms with Crippen LogP contribution in [-0.4, -0.2) is 21.6 Å². The molecular weight excluding hydrogens is 374 g/mol. The van der Waals surface area contributed by atoms with Crippen molar-refractivity contribution in [3.05, 3.63) is 38.8 Å². The lowest BCUT2D eigenvalue weighted by atomic mass is 10.4. The van der Waals surface area contributed by atoms with Crippen LogP contribution < -0.4 is 4.74 Å². The van der Waals surface area contributed by atoms with Crippen LogP contribution in [-0.2, 0) is 6.54 Å². The third-order valence-corrected chi connectivity index (χ3v) is 5.26. The Kier molecular flexibility index (Phi) is 4.19. The van der Waals surface area contributed by atoms with Gasteiger partial charge in [-0.05, 0) is 40.4 Å². The number of rotatable bonds is 4. The van der Waals surface area contributed by atoms with E-state index in [1.165, 1.54) is 4.88 Å². The highest BCUT2D eigenvalue weighted by atomic mass is 79.9. The normalized spacial score (nSPS) is 12.8. The molecule has 0 saturated heterocycles. The van der Waals surface area contributed by atoms with E-state index in [1.807, 2.05) is 29.7 Å². The van der Waals surface area contributed by atoms with E-state index in [9.17, 15) is 0 Å². The molecule has 4 nitrogen and oxygen atoms in total. The third kappa shape index (κ3) is 2.80. The lowest BCUT2D eigenvalue weighted by Gasteiger charge is -2.09. The Morgan fingerprint density at radius 1 is 1.38 bits per heavy atom. The molecular formula is C14H13BrClN3OS. The van der Waals surface area contributed by atoms with Crippen LogP contribution in [0.4, 0.5) is 0 Å². The number of pyridine rings is 1. The summed E-state index contributed by atoms with van der Waals surface area (Å²) in [5.41, 5.74) is 1.61. The van der Waals surface area contributed by atoms with Gasteiger partial charge in [-0.3, -0.25) is 0 Å². The minimum atomic E-state index is -0.191. The van der Waals surface area contributed by atoms with Crippen molar-refractivity contribution < 1.29 is 4.74 Å². The molecule has 1 atom stereocenters. The van der Waals surface area contributed by atoms with Crippen LogP contribution in [0.2, 0.25) is 0 Å². The summed E-state index contributed by atoms with van der Waals surface area (Å²) < 4.78 is 8.35. The van der Waals surface area contributed by atoms with Crippen molar-refractivity contribution in [3.63, 3.8) is 0 Å². The molecule has 0 fully saturated rings. The fourth-order valence-electron chi connectivity index (χ4n) is 2.16. The number of nitrogens with zero attached hydrogens (tertiary/aromatic N) is 3. The number of thiophene rings is 1. The van der Waals surface area contributed by atoms with E-state index in [2.05, 4.69) is 31.3 Å². The summed E-state index contributed by atoms with van der Waals surface area (Å²) in [6.07, 6.45) is 0. The van der Waals surface area contributed by atoms with Gasteiger partial charge in [-0.1, -0.05) is 0 Å². The molecule has 110 valence electrons. The van der Waals surface area contributed by atoms with Crippen molar-refractivity contribution in [1.82, 2.24) is 14.5 Å². The Labute approximate surface area is 139 Å². The topological polar surface area (TPSA) is 39.9 Å². The highest BCUT2D eigenvalue weighted by Crippen LogP contribution is 2.29. The molecule has 3 aromatic rings. The van der Waals surface area contributed by atoms with E-state index in [0.717, 1.165) is 21.5 Å². The summed E-state index contributed by atoms with van der Waals surface area (Å²) in [5, 5.41) is 1.86. The fourth-order valence-corrected chi connectivity index (χ4v) is 3.79. The van der Waals surface area contributed by atoms with Crippen LogP contribution in [0, 0.1) is 0 Å². The van der Waals surface area contributed by atoms with Crippen molar-refractivity contribution in [2.45, 2.75) is 18.8 Å². The van der Waals surface area contributed by atoms with E-state index in [4.69, 9.17) is 16.3 Å². The molecule has 3 aromatic heterocycles. The van der Waals surface area contributed by atoms with E-state index in [0.29, 0.717) is 12.4 Å². The number of hydrogen-bond acceptors (Lipinski definition) is 4. The number of alkyl halides is 1. The van der Waals surface area contributed by atoms with Gasteiger partial charge in [0.2, 0.25) is 5.88 Å². The average Bonchev–Trinajstić information content (AvgIpc) is 3.03. The maximum atomic E-state index is 6.28. The maximum absolute atomic E-state index is 6.28. The Bertz CT molecular complexity index is 784. The average molecular weight is 387 g/mol. The van der Waals surface area contributed by atoms with E-state index >= 15 is 0 Å². The monoisotopic (exact) mass is 385 g/mol. The summed E-state index contributed by atoms with van der Waals surface area (Å²) in [5.74, 6) is 1.38. The van der Waals surface area contributed by atoms with Gasteiger partial charge in [-0.15, -0.1) is 22.9 Å². The molecule has 0 radical (unpaired) electrons. The molecule has 1 unspecified atom stereocenters. The molecule has 0 amide bonds. The zero-order chi connectivity index (χ0) is 15.0. The number of hydrogen-bond donors (Lipinski definition) is 0. The number of aromatic nitrogens is 3. The highest BCUT2D eigenvalue weighted by Gasteiger charge is 2.18. The first-order valence-corrected chi connectivity index (χ1v) is 8.48. The third-order valence-electron chi connectivity index (χ3n) is 3.15. The van der Waals surface area contributed by atoms with Crippen LogP contribution in [0.5, 0.6) is 5.88 Å². The lowest BCUT2D eigenvalue weighted by Crippen LogP contribution is -2.06. The lowest BCUT2D eigenvalue weighted by molar-refractivity contribution is 0.399. The quantitative estimate of drug-likeness (QED) is 0.615. The fraction of sp³-hybridized carbons (Fsp3) is 0.286. The molecule has 0 aliphatic heterocycles.